The van der Waals surface area contributed by atoms with Gasteiger partial charge in [-0.15, -0.1) is 0 Å². The van der Waals surface area contributed by atoms with Crippen molar-refractivity contribution in [3.8, 4) is 17.0 Å². The molecule has 3 nitrogen and oxygen atoms in total. The molecule has 112 valence electrons. The van der Waals surface area contributed by atoms with Gasteiger partial charge in [-0.2, -0.15) is 0 Å². The lowest BCUT2D eigenvalue weighted by molar-refractivity contribution is -0.134. The predicted octanol–water partition coefficient (Wildman–Crippen LogP) is 5.19. The zero-order valence-electron chi connectivity index (χ0n) is 12.2. The Morgan fingerprint density at radius 1 is 1.14 bits per heavy atom. The van der Waals surface area contributed by atoms with Gasteiger partial charge < -0.3 is 9.72 Å². The van der Waals surface area contributed by atoms with Crippen LogP contribution in [-0.2, 0) is 4.79 Å². The van der Waals surface area contributed by atoms with Crippen LogP contribution in [-0.4, -0.2) is 11.0 Å². The molecular formula is C18H16ClNO2. The van der Waals surface area contributed by atoms with Crippen molar-refractivity contribution in [2.45, 2.75) is 19.8 Å². The van der Waals surface area contributed by atoms with Crippen molar-refractivity contribution in [3.63, 3.8) is 0 Å². The summed E-state index contributed by atoms with van der Waals surface area (Å²) in [5.74, 6) is 0.308. The highest BCUT2D eigenvalue weighted by molar-refractivity contribution is 6.33. The van der Waals surface area contributed by atoms with E-state index in [-0.39, 0.29) is 5.97 Å². The fourth-order valence-electron chi connectivity index (χ4n) is 2.44. The number of ether oxygens (including phenoxy) is 1. The molecule has 0 spiro atoms. The van der Waals surface area contributed by atoms with Crippen LogP contribution in [0.1, 0.15) is 19.8 Å². The first-order valence-electron chi connectivity index (χ1n) is 7.27. The maximum atomic E-state index is 12.0. The number of halogens is 1. The summed E-state index contributed by atoms with van der Waals surface area (Å²) in [5.41, 5.74) is 2.47. The monoisotopic (exact) mass is 313 g/mol. The zero-order valence-corrected chi connectivity index (χ0v) is 13.0. The summed E-state index contributed by atoms with van der Waals surface area (Å²) in [6, 6.07) is 15.2. The average Bonchev–Trinajstić information content (AvgIpc) is 2.87. The molecule has 2 aromatic carbocycles. The lowest BCUT2D eigenvalue weighted by atomic mass is 10.1. The highest BCUT2D eigenvalue weighted by atomic mass is 35.5. The molecular weight excluding hydrogens is 298 g/mol. The summed E-state index contributed by atoms with van der Waals surface area (Å²) in [6.45, 7) is 1.95. The van der Waals surface area contributed by atoms with Gasteiger partial charge in [0.15, 0.2) is 5.75 Å². The molecule has 0 atom stereocenters. The van der Waals surface area contributed by atoms with E-state index in [1.807, 2.05) is 55.5 Å². The van der Waals surface area contributed by atoms with Gasteiger partial charge in [0.05, 0.1) is 10.7 Å². The van der Waals surface area contributed by atoms with Crippen LogP contribution >= 0.6 is 11.6 Å². The summed E-state index contributed by atoms with van der Waals surface area (Å²) in [7, 11) is 0. The summed E-state index contributed by atoms with van der Waals surface area (Å²) in [6.07, 6.45) is 1.14. The number of rotatable bonds is 4. The summed E-state index contributed by atoms with van der Waals surface area (Å²) in [5, 5.41) is 1.49. The van der Waals surface area contributed by atoms with E-state index in [1.165, 1.54) is 0 Å². The van der Waals surface area contributed by atoms with Crippen molar-refractivity contribution in [2.75, 3.05) is 0 Å². The van der Waals surface area contributed by atoms with Gasteiger partial charge in [0.25, 0.3) is 0 Å². The Bertz CT molecular complexity index is 823. The minimum Gasteiger partial charge on any atom is -0.424 e. The van der Waals surface area contributed by atoms with Gasteiger partial charge in [0.2, 0.25) is 0 Å². The van der Waals surface area contributed by atoms with Gasteiger partial charge in [-0.25, -0.2) is 0 Å². The predicted molar refractivity (Wildman–Crippen MR) is 89.3 cm³/mol. The third-order valence-electron chi connectivity index (χ3n) is 3.47. The molecule has 22 heavy (non-hydrogen) atoms. The molecule has 4 heteroatoms. The maximum absolute atomic E-state index is 12.0. The van der Waals surface area contributed by atoms with Gasteiger partial charge in [-0.3, -0.25) is 4.79 Å². The summed E-state index contributed by atoms with van der Waals surface area (Å²) < 4.78 is 5.62. The first-order valence-corrected chi connectivity index (χ1v) is 7.64. The van der Waals surface area contributed by atoms with Crippen molar-refractivity contribution in [2.24, 2.45) is 0 Å². The second kappa shape index (κ2) is 6.24. The van der Waals surface area contributed by atoms with Crippen LogP contribution in [0.4, 0.5) is 0 Å². The minimum absolute atomic E-state index is 0.236. The van der Waals surface area contributed by atoms with Crippen molar-refractivity contribution >= 4 is 28.5 Å². The van der Waals surface area contributed by atoms with Crippen LogP contribution in [0, 0.1) is 0 Å². The molecule has 0 aliphatic carbocycles. The fraction of sp³-hybridized carbons (Fsp3) is 0.167. The number of esters is 1. The Labute approximate surface area is 133 Å². The topological polar surface area (TPSA) is 42.1 Å². The number of hydrogen-bond acceptors (Lipinski definition) is 2. The number of benzene rings is 2. The molecule has 0 aliphatic heterocycles. The number of carbonyl (C=O) groups is 1. The number of nitrogens with one attached hydrogen (secondary N) is 1. The van der Waals surface area contributed by atoms with E-state index in [1.54, 1.807) is 0 Å². The smallest absolute Gasteiger partial charge is 0.311 e. The van der Waals surface area contributed by atoms with Crippen LogP contribution in [0.5, 0.6) is 5.75 Å². The summed E-state index contributed by atoms with van der Waals surface area (Å²) in [4.78, 5) is 15.3. The molecule has 1 heterocycles. The molecule has 0 fully saturated rings. The SMILES string of the molecule is CCCC(=O)Oc1c(-c2ccccc2Cl)[nH]c2ccccc12. The summed E-state index contributed by atoms with van der Waals surface area (Å²) >= 11 is 6.30. The maximum Gasteiger partial charge on any atom is 0.311 e. The van der Waals surface area contributed by atoms with E-state index in [2.05, 4.69) is 4.98 Å². The number of carbonyl (C=O) groups excluding carboxylic acids is 1. The molecule has 1 aromatic heterocycles. The van der Waals surface area contributed by atoms with Crippen LogP contribution in [0.2, 0.25) is 5.02 Å². The quantitative estimate of drug-likeness (QED) is 0.673. The lowest BCUT2D eigenvalue weighted by Gasteiger charge is -2.07. The van der Waals surface area contributed by atoms with E-state index in [4.69, 9.17) is 16.3 Å². The molecule has 0 unspecified atom stereocenters. The third kappa shape index (κ3) is 2.72. The minimum atomic E-state index is -0.236. The molecule has 0 bridgehead atoms. The molecule has 0 radical (unpaired) electrons. The Balaban J connectivity index is 2.17. The number of hydrogen-bond donors (Lipinski definition) is 1. The first kappa shape index (κ1) is 14.7. The second-order valence-electron chi connectivity index (χ2n) is 5.08. The molecule has 3 rings (SSSR count). The number of para-hydroxylation sites is 1. The Kier molecular flexibility index (Phi) is 4.16. The fourth-order valence-corrected chi connectivity index (χ4v) is 2.68. The van der Waals surface area contributed by atoms with Crippen molar-refractivity contribution in [3.05, 3.63) is 53.6 Å². The Hall–Kier alpha value is -2.26. The van der Waals surface area contributed by atoms with Gasteiger partial charge in [0.1, 0.15) is 0 Å². The number of aromatic nitrogens is 1. The van der Waals surface area contributed by atoms with E-state index >= 15 is 0 Å². The van der Waals surface area contributed by atoms with E-state index < -0.39 is 0 Å². The Morgan fingerprint density at radius 2 is 1.86 bits per heavy atom. The van der Waals surface area contributed by atoms with E-state index in [9.17, 15) is 4.79 Å². The zero-order chi connectivity index (χ0) is 15.5. The molecule has 0 amide bonds. The molecule has 1 N–H and O–H groups in total. The molecule has 0 aliphatic rings. The van der Waals surface area contributed by atoms with Crippen LogP contribution in [0.15, 0.2) is 48.5 Å². The average molecular weight is 314 g/mol. The number of fused-ring (bicyclic) bond motifs is 1. The first-order chi connectivity index (χ1) is 10.7. The van der Waals surface area contributed by atoms with Crippen molar-refractivity contribution in [1.82, 2.24) is 4.98 Å². The molecule has 0 saturated carbocycles. The van der Waals surface area contributed by atoms with Crippen LogP contribution < -0.4 is 4.74 Å². The lowest BCUT2D eigenvalue weighted by Crippen LogP contribution is -2.07. The van der Waals surface area contributed by atoms with Crippen molar-refractivity contribution in [1.29, 1.82) is 0 Å². The molecule has 0 saturated heterocycles. The normalized spacial score (nSPS) is 10.8. The highest BCUT2D eigenvalue weighted by Gasteiger charge is 2.18. The highest BCUT2D eigenvalue weighted by Crippen LogP contribution is 2.39. The van der Waals surface area contributed by atoms with E-state index in [0.717, 1.165) is 28.6 Å². The van der Waals surface area contributed by atoms with Crippen LogP contribution in [0.3, 0.4) is 0 Å². The van der Waals surface area contributed by atoms with Gasteiger partial charge in [-0.05, 0) is 24.6 Å². The number of H-pyrrole nitrogens is 1. The van der Waals surface area contributed by atoms with Gasteiger partial charge in [0, 0.05) is 22.9 Å². The second-order valence-corrected chi connectivity index (χ2v) is 5.49. The largest absolute Gasteiger partial charge is 0.424 e. The van der Waals surface area contributed by atoms with Gasteiger partial charge in [-0.1, -0.05) is 48.9 Å². The van der Waals surface area contributed by atoms with Crippen LogP contribution in [0.25, 0.3) is 22.2 Å². The Morgan fingerprint density at radius 3 is 2.64 bits per heavy atom. The third-order valence-corrected chi connectivity index (χ3v) is 3.80. The van der Waals surface area contributed by atoms with Crippen molar-refractivity contribution < 1.29 is 9.53 Å². The molecule has 3 aromatic rings. The van der Waals surface area contributed by atoms with Gasteiger partial charge >= 0.3 is 5.97 Å². The van der Waals surface area contributed by atoms with E-state index in [0.29, 0.717) is 17.2 Å². The standard InChI is InChI=1S/C18H16ClNO2/c1-2-7-16(21)22-18-13-9-4-6-11-15(13)20-17(18)12-8-3-5-10-14(12)19/h3-6,8-11,20H,2,7H2,1H3. The number of aromatic amines is 1.